The molecule has 6 aromatic rings. The van der Waals surface area contributed by atoms with E-state index in [9.17, 15) is 9.46 Å². The Kier molecular flexibility index (Phi) is 12.6. The van der Waals surface area contributed by atoms with Crippen LogP contribution in [0, 0.1) is 0 Å². The Morgan fingerprint density at radius 1 is 0.420 bits per heavy atom. The van der Waals surface area contributed by atoms with Crippen molar-refractivity contribution in [1.29, 1.82) is 0 Å². The van der Waals surface area contributed by atoms with Gasteiger partial charge in [-0.2, -0.15) is 0 Å². The minimum Gasteiger partial charge on any atom is -0.736 e. The smallest absolute Gasteiger partial charge is 0.736 e. The van der Waals surface area contributed by atoms with Crippen molar-refractivity contribution in [3.8, 4) is 11.5 Å². The van der Waals surface area contributed by atoms with Gasteiger partial charge in [-0.3, -0.25) is 0 Å². The summed E-state index contributed by atoms with van der Waals surface area (Å²) in [5.74, 6) is 0.451. The van der Waals surface area contributed by atoms with Gasteiger partial charge >= 0.3 is 37.4 Å². The molecular formula is C44H42NaO4P. The topological polar surface area (TPSA) is 58.6 Å². The van der Waals surface area contributed by atoms with E-state index in [0.717, 1.165) is 33.4 Å². The van der Waals surface area contributed by atoms with Gasteiger partial charge < -0.3 is 13.9 Å². The van der Waals surface area contributed by atoms with Crippen molar-refractivity contribution < 1.29 is 48.1 Å². The monoisotopic (exact) mass is 688 g/mol. The van der Waals surface area contributed by atoms with Crippen molar-refractivity contribution in [2.45, 2.75) is 51.4 Å². The van der Waals surface area contributed by atoms with E-state index in [4.69, 9.17) is 9.05 Å². The van der Waals surface area contributed by atoms with E-state index in [0.29, 0.717) is 0 Å². The van der Waals surface area contributed by atoms with Crippen molar-refractivity contribution in [1.82, 2.24) is 0 Å². The fourth-order valence-corrected chi connectivity index (χ4v) is 7.34. The number of hydrogen-bond acceptors (Lipinski definition) is 4. The quantitative estimate of drug-likeness (QED) is 0.0961. The molecule has 6 aromatic carbocycles. The molecule has 0 saturated heterocycles. The number of phosphoric acid groups is 1. The minimum absolute atomic E-state index is 0. The summed E-state index contributed by atoms with van der Waals surface area (Å²) in [5, 5.41) is 0. The van der Waals surface area contributed by atoms with Gasteiger partial charge in [-0.05, 0) is 45.5 Å². The Morgan fingerprint density at radius 2 is 0.700 bits per heavy atom. The minimum atomic E-state index is -4.90. The van der Waals surface area contributed by atoms with Gasteiger partial charge in [0.15, 0.2) is 0 Å². The fraction of sp³-hybridized carbons (Fsp3) is 0.182. The van der Waals surface area contributed by atoms with Crippen molar-refractivity contribution in [2.75, 3.05) is 0 Å². The fourth-order valence-electron chi connectivity index (χ4n) is 6.49. The van der Waals surface area contributed by atoms with E-state index in [1.54, 1.807) is 12.1 Å². The molecule has 0 aliphatic rings. The first kappa shape index (κ1) is 37.4. The second-order valence-corrected chi connectivity index (χ2v) is 14.0. The molecule has 0 amide bonds. The van der Waals surface area contributed by atoms with Crippen LogP contribution >= 0.6 is 7.82 Å². The summed E-state index contributed by atoms with van der Waals surface area (Å²) in [4.78, 5) is 13.9. The van der Waals surface area contributed by atoms with Crippen LogP contribution in [-0.4, -0.2) is 0 Å². The van der Waals surface area contributed by atoms with Crippen molar-refractivity contribution in [3.63, 3.8) is 0 Å². The maximum Gasteiger partial charge on any atom is 1.00 e. The molecule has 0 radical (unpaired) electrons. The molecular weight excluding hydrogens is 646 g/mol. The molecule has 6 rings (SSSR count). The Labute approximate surface area is 319 Å². The molecule has 4 nitrogen and oxygen atoms in total. The molecule has 0 bridgehead atoms. The van der Waals surface area contributed by atoms with Crippen LogP contribution in [0.4, 0.5) is 0 Å². The number of benzene rings is 6. The predicted molar refractivity (Wildman–Crippen MR) is 198 cm³/mol. The van der Waals surface area contributed by atoms with Crippen LogP contribution in [0.2, 0.25) is 0 Å². The van der Waals surface area contributed by atoms with Gasteiger partial charge in [0.25, 0.3) is 0 Å². The molecule has 0 N–H and O–H groups in total. The second kappa shape index (κ2) is 16.9. The van der Waals surface area contributed by atoms with E-state index in [1.165, 1.54) is 11.1 Å². The molecule has 50 heavy (non-hydrogen) atoms. The summed E-state index contributed by atoms with van der Waals surface area (Å²) in [7, 11) is -4.90. The Morgan fingerprint density at radius 3 is 1.00 bits per heavy atom. The second-order valence-electron chi connectivity index (χ2n) is 12.8. The predicted octanol–water partition coefficient (Wildman–Crippen LogP) is 8.22. The summed E-state index contributed by atoms with van der Waals surface area (Å²) in [6.45, 7) is 8.44. The van der Waals surface area contributed by atoms with E-state index in [-0.39, 0.29) is 64.7 Å². The zero-order valence-corrected chi connectivity index (χ0v) is 32.3. The zero-order valence-electron chi connectivity index (χ0n) is 29.4. The van der Waals surface area contributed by atoms with Crippen molar-refractivity contribution >= 4 is 7.82 Å². The van der Waals surface area contributed by atoms with Gasteiger partial charge in [-0.1, -0.05) is 173 Å². The van der Waals surface area contributed by atoms with Crippen molar-refractivity contribution in [3.05, 3.63) is 202 Å². The molecule has 0 aromatic heterocycles. The maximum atomic E-state index is 13.9. The van der Waals surface area contributed by atoms with Crippen LogP contribution in [0.5, 0.6) is 11.5 Å². The molecule has 0 heterocycles. The Bertz CT molecular complexity index is 1880. The summed E-state index contributed by atoms with van der Waals surface area (Å²) in [5.41, 5.74) is 8.16. The molecule has 0 spiro atoms. The molecule has 0 aliphatic heterocycles. The van der Waals surface area contributed by atoms with E-state index < -0.39 is 7.82 Å². The first-order chi connectivity index (χ1) is 23.7. The summed E-state index contributed by atoms with van der Waals surface area (Å²) < 4.78 is 25.6. The van der Waals surface area contributed by atoms with Gasteiger partial charge in [0.2, 0.25) is 0 Å². The third kappa shape index (κ3) is 8.87. The van der Waals surface area contributed by atoms with Crippen LogP contribution in [0.25, 0.3) is 0 Å². The van der Waals surface area contributed by atoms with Gasteiger partial charge in [0.05, 0.1) is 0 Å². The molecule has 0 saturated carbocycles. The van der Waals surface area contributed by atoms with E-state index >= 15 is 0 Å². The first-order valence-electron chi connectivity index (χ1n) is 16.9. The zero-order chi connectivity index (χ0) is 34.4. The van der Waals surface area contributed by atoms with E-state index in [1.807, 2.05) is 109 Å². The largest absolute Gasteiger partial charge is 1.00 e. The Hall–Kier alpha value is -3.89. The van der Waals surface area contributed by atoms with Gasteiger partial charge in [-0.25, -0.2) is 4.57 Å². The number of hydrogen-bond donors (Lipinski definition) is 0. The average Bonchev–Trinajstić information content (AvgIpc) is 3.15. The Balaban J connectivity index is 0.00000486. The van der Waals surface area contributed by atoms with Gasteiger partial charge in [-0.15, -0.1) is 0 Å². The molecule has 0 aliphatic carbocycles. The summed E-state index contributed by atoms with van der Waals surface area (Å²) in [6, 6.07) is 52.2. The van der Waals surface area contributed by atoms with Crippen molar-refractivity contribution in [2.24, 2.45) is 0 Å². The van der Waals surface area contributed by atoms with Gasteiger partial charge in [0.1, 0.15) is 11.5 Å². The molecule has 6 heteroatoms. The number of rotatable bonds is 12. The van der Waals surface area contributed by atoms with Crippen LogP contribution in [0.3, 0.4) is 0 Å². The third-order valence-electron chi connectivity index (χ3n) is 9.62. The van der Waals surface area contributed by atoms with Crippen LogP contribution in [0.15, 0.2) is 158 Å². The summed E-state index contributed by atoms with van der Waals surface area (Å²) in [6.07, 6.45) is 0. The first-order valence-corrected chi connectivity index (χ1v) is 18.3. The SMILES string of the molecule is CC(c1ccccc1)c1ccc(OP(=O)([O-])Oc2ccc(C(C)c3ccccc3)cc2C(C)c2ccccc2)c(C(C)c2ccccc2)c1.[Na+]. The maximum absolute atomic E-state index is 13.9. The molecule has 0 fully saturated rings. The summed E-state index contributed by atoms with van der Waals surface area (Å²) >= 11 is 0. The normalized spacial score (nSPS) is 14.7. The molecule has 4 atom stereocenters. The van der Waals surface area contributed by atoms with E-state index in [2.05, 4.69) is 64.1 Å². The average molecular weight is 689 g/mol. The van der Waals surface area contributed by atoms with Crippen LogP contribution in [0.1, 0.15) is 95.9 Å². The third-order valence-corrected chi connectivity index (χ3v) is 10.5. The molecule has 248 valence electrons. The van der Waals surface area contributed by atoms with Crippen LogP contribution in [-0.2, 0) is 4.57 Å². The number of phosphoric ester groups is 1. The van der Waals surface area contributed by atoms with Gasteiger partial charge in [0, 0.05) is 34.8 Å². The van der Waals surface area contributed by atoms with Crippen LogP contribution < -0.4 is 43.5 Å². The standard InChI is InChI=1S/C44H43O4P.Na/c1-31(35-17-9-5-10-18-35)39-25-27-43(41(29-39)33(3)37-21-13-7-14-22-37)47-49(45,46)48-44-28-26-40(32(2)36-19-11-6-12-20-36)30-42(44)34(4)38-23-15-8-16-24-38;/h5-34H,1-4H3,(H,45,46);/q;+1/p-1. The molecule has 4 unspecified atom stereocenters.